The first kappa shape index (κ1) is 15.7. The Balaban J connectivity index is 2.16. The van der Waals surface area contributed by atoms with E-state index < -0.39 is 0 Å². The van der Waals surface area contributed by atoms with Crippen molar-refractivity contribution in [2.75, 3.05) is 16.8 Å². The van der Waals surface area contributed by atoms with E-state index in [0.29, 0.717) is 22.0 Å². The largest absolute Gasteiger partial charge is 0.397 e. The fourth-order valence-electron chi connectivity index (χ4n) is 1.78. The molecule has 0 aliphatic heterocycles. The number of benzene rings is 2. The first-order valence-electron chi connectivity index (χ1n) is 6.69. The molecule has 0 aliphatic rings. The van der Waals surface area contributed by atoms with Crippen molar-refractivity contribution in [1.29, 1.82) is 0 Å². The van der Waals surface area contributed by atoms with Gasteiger partial charge in [-0.2, -0.15) is 0 Å². The molecule has 0 saturated heterocycles. The van der Waals surface area contributed by atoms with Gasteiger partial charge in [0.25, 0.3) is 5.91 Å². The standard InChI is InChI=1S/C16H17ClN2OS/c1-2-8-21-13-6-7-14(18)15(10-13)19-16(20)11-4-3-5-12(17)9-11/h3-7,9-10H,2,8,18H2,1H3,(H,19,20). The lowest BCUT2D eigenvalue weighted by molar-refractivity contribution is 0.102. The summed E-state index contributed by atoms with van der Waals surface area (Å²) in [6, 6.07) is 12.5. The second-order valence-corrected chi connectivity index (χ2v) is 6.17. The van der Waals surface area contributed by atoms with Gasteiger partial charge in [0.1, 0.15) is 0 Å². The highest BCUT2D eigenvalue weighted by molar-refractivity contribution is 7.99. The van der Waals surface area contributed by atoms with Gasteiger partial charge in [0.2, 0.25) is 0 Å². The second-order valence-electron chi connectivity index (χ2n) is 4.56. The minimum absolute atomic E-state index is 0.221. The number of nitrogen functional groups attached to an aromatic ring is 1. The SMILES string of the molecule is CCCSc1ccc(N)c(NC(=O)c2cccc(Cl)c2)c1. The van der Waals surface area contributed by atoms with Gasteiger partial charge in [-0.05, 0) is 48.6 Å². The molecule has 21 heavy (non-hydrogen) atoms. The molecular formula is C16H17ClN2OS. The van der Waals surface area contributed by atoms with Crippen LogP contribution in [0.2, 0.25) is 5.02 Å². The zero-order valence-corrected chi connectivity index (χ0v) is 13.3. The summed E-state index contributed by atoms with van der Waals surface area (Å²) in [5.41, 5.74) is 7.61. The van der Waals surface area contributed by atoms with Crippen LogP contribution in [-0.4, -0.2) is 11.7 Å². The first-order chi connectivity index (χ1) is 10.1. The number of nitrogens with two attached hydrogens (primary N) is 1. The van der Waals surface area contributed by atoms with Gasteiger partial charge in [-0.1, -0.05) is 24.6 Å². The van der Waals surface area contributed by atoms with E-state index in [1.807, 2.05) is 18.2 Å². The van der Waals surface area contributed by atoms with Crippen LogP contribution < -0.4 is 11.1 Å². The number of thioether (sulfide) groups is 1. The molecular weight excluding hydrogens is 304 g/mol. The van der Waals surface area contributed by atoms with Gasteiger partial charge in [0.15, 0.2) is 0 Å². The fourth-order valence-corrected chi connectivity index (χ4v) is 2.77. The summed E-state index contributed by atoms with van der Waals surface area (Å²) in [5.74, 6) is 0.813. The van der Waals surface area contributed by atoms with Crippen molar-refractivity contribution in [2.24, 2.45) is 0 Å². The molecule has 0 spiro atoms. The fraction of sp³-hybridized carbons (Fsp3) is 0.188. The smallest absolute Gasteiger partial charge is 0.255 e. The number of hydrogen-bond donors (Lipinski definition) is 2. The number of anilines is 2. The number of halogens is 1. The molecule has 0 saturated carbocycles. The molecule has 2 aromatic rings. The van der Waals surface area contributed by atoms with Gasteiger partial charge in [0, 0.05) is 15.5 Å². The predicted octanol–water partition coefficient (Wildman–Crippen LogP) is 4.68. The molecule has 0 atom stereocenters. The minimum Gasteiger partial charge on any atom is -0.397 e. The average molecular weight is 321 g/mol. The Morgan fingerprint density at radius 2 is 2.10 bits per heavy atom. The zero-order valence-electron chi connectivity index (χ0n) is 11.7. The summed E-state index contributed by atoms with van der Waals surface area (Å²) >= 11 is 7.64. The third kappa shape index (κ3) is 4.41. The number of hydrogen-bond acceptors (Lipinski definition) is 3. The predicted molar refractivity (Wildman–Crippen MR) is 91.3 cm³/mol. The van der Waals surface area contributed by atoms with Gasteiger partial charge in [-0.3, -0.25) is 4.79 Å². The van der Waals surface area contributed by atoms with Crippen LogP contribution in [0.15, 0.2) is 47.4 Å². The van der Waals surface area contributed by atoms with Crippen molar-refractivity contribution in [3.05, 3.63) is 53.1 Å². The average Bonchev–Trinajstić information content (AvgIpc) is 2.48. The Hall–Kier alpha value is -1.65. The lowest BCUT2D eigenvalue weighted by Crippen LogP contribution is -2.13. The Morgan fingerprint density at radius 3 is 2.81 bits per heavy atom. The van der Waals surface area contributed by atoms with Crippen LogP contribution in [0.1, 0.15) is 23.7 Å². The van der Waals surface area contributed by atoms with Crippen LogP contribution in [0.3, 0.4) is 0 Å². The van der Waals surface area contributed by atoms with E-state index in [0.717, 1.165) is 17.1 Å². The third-order valence-corrected chi connectivity index (χ3v) is 4.27. The van der Waals surface area contributed by atoms with E-state index in [2.05, 4.69) is 12.2 Å². The van der Waals surface area contributed by atoms with Gasteiger partial charge in [-0.25, -0.2) is 0 Å². The molecule has 2 rings (SSSR count). The first-order valence-corrected chi connectivity index (χ1v) is 8.05. The van der Waals surface area contributed by atoms with Crippen LogP contribution >= 0.6 is 23.4 Å². The van der Waals surface area contributed by atoms with Gasteiger partial charge in [0.05, 0.1) is 11.4 Å². The van der Waals surface area contributed by atoms with E-state index in [9.17, 15) is 4.79 Å². The molecule has 0 fully saturated rings. The lowest BCUT2D eigenvalue weighted by atomic mass is 10.2. The lowest BCUT2D eigenvalue weighted by Gasteiger charge is -2.10. The molecule has 0 aliphatic carbocycles. The molecule has 0 radical (unpaired) electrons. The van der Waals surface area contributed by atoms with Crippen molar-refractivity contribution in [3.63, 3.8) is 0 Å². The third-order valence-electron chi connectivity index (χ3n) is 2.83. The summed E-state index contributed by atoms with van der Waals surface area (Å²) in [7, 11) is 0. The molecule has 1 amide bonds. The van der Waals surface area contributed by atoms with Crippen LogP contribution in [0.5, 0.6) is 0 Å². The highest BCUT2D eigenvalue weighted by Crippen LogP contribution is 2.27. The van der Waals surface area contributed by atoms with Crippen LogP contribution in [-0.2, 0) is 0 Å². The number of nitrogens with one attached hydrogen (secondary N) is 1. The highest BCUT2D eigenvalue weighted by atomic mass is 35.5. The molecule has 3 nitrogen and oxygen atoms in total. The van der Waals surface area contributed by atoms with Crippen molar-refractivity contribution in [2.45, 2.75) is 18.2 Å². The molecule has 5 heteroatoms. The van der Waals surface area contributed by atoms with Crippen molar-refractivity contribution in [3.8, 4) is 0 Å². The van der Waals surface area contributed by atoms with Gasteiger partial charge in [-0.15, -0.1) is 11.8 Å². The highest BCUT2D eigenvalue weighted by Gasteiger charge is 2.09. The summed E-state index contributed by atoms with van der Waals surface area (Å²) in [6.45, 7) is 2.13. The van der Waals surface area contributed by atoms with Crippen LogP contribution in [0, 0.1) is 0 Å². The number of rotatable bonds is 5. The maximum absolute atomic E-state index is 12.2. The van der Waals surface area contributed by atoms with E-state index >= 15 is 0 Å². The molecule has 110 valence electrons. The summed E-state index contributed by atoms with van der Waals surface area (Å²) < 4.78 is 0. The summed E-state index contributed by atoms with van der Waals surface area (Å²) in [4.78, 5) is 13.3. The van der Waals surface area contributed by atoms with Crippen LogP contribution in [0.4, 0.5) is 11.4 Å². The van der Waals surface area contributed by atoms with E-state index in [4.69, 9.17) is 17.3 Å². The molecule has 0 unspecified atom stereocenters. The van der Waals surface area contributed by atoms with Crippen molar-refractivity contribution >= 4 is 40.6 Å². The Kier molecular flexibility index (Phi) is 5.53. The second kappa shape index (κ2) is 7.38. The number of carbonyl (C=O) groups is 1. The Morgan fingerprint density at radius 1 is 1.29 bits per heavy atom. The number of carbonyl (C=O) groups excluding carboxylic acids is 1. The Labute approximate surface area is 133 Å². The molecule has 3 N–H and O–H groups in total. The monoisotopic (exact) mass is 320 g/mol. The molecule has 0 bridgehead atoms. The molecule has 0 heterocycles. The topological polar surface area (TPSA) is 55.1 Å². The van der Waals surface area contributed by atoms with Gasteiger partial charge < -0.3 is 11.1 Å². The summed E-state index contributed by atoms with van der Waals surface area (Å²) in [5, 5.41) is 3.37. The maximum atomic E-state index is 12.2. The van der Waals surface area contributed by atoms with E-state index in [1.165, 1.54) is 0 Å². The summed E-state index contributed by atoms with van der Waals surface area (Å²) in [6.07, 6.45) is 1.10. The van der Waals surface area contributed by atoms with E-state index in [-0.39, 0.29) is 5.91 Å². The van der Waals surface area contributed by atoms with E-state index in [1.54, 1.807) is 36.0 Å². The zero-order chi connectivity index (χ0) is 15.2. The Bertz CT molecular complexity index is 646. The molecule has 0 aromatic heterocycles. The van der Waals surface area contributed by atoms with Gasteiger partial charge >= 0.3 is 0 Å². The maximum Gasteiger partial charge on any atom is 0.255 e. The normalized spacial score (nSPS) is 10.4. The quantitative estimate of drug-likeness (QED) is 0.621. The molecule has 2 aromatic carbocycles. The minimum atomic E-state index is -0.221. The number of amides is 1. The van der Waals surface area contributed by atoms with Crippen LogP contribution in [0.25, 0.3) is 0 Å². The van der Waals surface area contributed by atoms with Crippen molar-refractivity contribution < 1.29 is 4.79 Å². The van der Waals surface area contributed by atoms with Crippen molar-refractivity contribution in [1.82, 2.24) is 0 Å².